The van der Waals surface area contributed by atoms with Gasteiger partial charge in [0, 0.05) is 24.8 Å². The summed E-state index contributed by atoms with van der Waals surface area (Å²) >= 11 is 0. The lowest BCUT2D eigenvalue weighted by atomic mass is 9.86. The second kappa shape index (κ2) is 5.31. The maximum atomic E-state index is 3.35. The molecule has 0 spiro atoms. The fourth-order valence-corrected chi connectivity index (χ4v) is 3.00. The Labute approximate surface area is 111 Å². The van der Waals surface area contributed by atoms with Crippen molar-refractivity contribution in [3.8, 4) is 0 Å². The minimum absolute atomic E-state index is 0.348. The fourth-order valence-electron chi connectivity index (χ4n) is 3.00. The molecule has 2 rings (SSSR count). The topological polar surface area (TPSA) is 15.3 Å². The number of nitrogens with zero attached hydrogens (tertiary/aromatic N) is 1. The van der Waals surface area contributed by atoms with Gasteiger partial charge < -0.3 is 10.2 Å². The zero-order valence-electron chi connectivity index (χ0n) is 12.2. The Morgan fingerprint density at radius 1 is 1.39 bits per heavy atom. The second-order valence-corrected chi connectivity index (χ2v) is 6.00. The van der Waals surface area contributed by atoms with Crippen LogP contribution in [0.5, 0.6) is 0 Å². The van der Waals surface area contributed by atoms with Gasteiger partial charge in [0.1, 0.15) is 0 Å². The first-order valence-electron chi connectivity index (χ1n) is 7.09. The van der Waals surface area contributed by atoms with Crippen molar-refractivity contribution in [1.29, 1.82) is 0 Å². The average Bonchev–Trinajstić information content (AvgIpc) is 2.66. The van der Waals surface area contributed by atoms with E-state index in [2.05, 4.69) is 62.3 Å². The number of para-hydroxylation sites is 1. The first kappa shape index (κ1) is 13.4. The van der Waals surface area contributed by atoms with Crippen molar-refractivity contribution in [2.45, 2.75) is 39.7 Å². The van der Waals surface area contributed by atoms with Crippen molar-refractivity contribution >= 4 is 5.69 Å². The molecule has 2 atom stereocenters. The summed E-state index contributed by atoms with van der Waals surface area (Å²) < 4.78 is 0. The molecule has 0 radical (unpaired) electrons. The lowest BCUT2D eigenvalue weighted by Gasteiger charge is -2.36. The first-order valence-corrected chi connectivity index (χ1v) is 7.09. The molecule has 0 aromatic heterocycles. The number of hydrogen-bond donors (Lipinski definition) is 1. The highest BCUT2D eigenvalue weighted by molar-refractivity contribution is 5.59. The summed E-state index contributed by atoms with van der Waals surface area (Å²) in [6, 6.07) is 9.49. The Balaban J connectivity index is 2.18. The van der Waals surface area contributed by atoms with Crippen LogP contribution < -0.4 is 10.2 Å². The number of hydrogen-bond acceptors (Lipinski definition) is 2. The fraction of sp³-hybridized carbons (Fsp3) is 0.625. The van der Waals surface area contributed by atoms with E-state index in [1.807, 2.05) is 0 Å². The molecule has 1 aliphatic heterocycles. The summed E-state index contributed by atoms with van der Waals surface area (Å²) in [7, 11) is 2.05. The molecule has 2 heteroatoms. The van der Waals surface area contributed by atoms with E-state index in [9.17, 15) is 0 Å². The molecule has 2 nitrogen and oxygen atoms in total. The molecule has 0 saturated heterocycles. The van der Waals surface area contributed by atoms with E-state index in [1.54, 1.807) is 0 Å². The van der Waals surface area contributed by atoms with Crippen molar-refractivity contribution in [2.75, 3.05) is 25.0 Å². The molecule has 1 aromatic rings. The van der Waals surface area contributed by atoms with Crippen molar-refractivity contribution in [1.82, 2.24) is 5.32 Å². The number of rotatable bonds is 5. The van der Waals surface area contributed by atoms with Gasteiger partial charge in [0.2, 0.25) is 0 Å². The predicted molar refractivity (Wildman–Crippen MR) is 79.3 cm³/mol. The summed E-state index contributed by atoms with van der Waals surface area (Å²) in [5.41, 5.74) is 3.30. The molecule has 0 fully saturated rings. The predicted octanol–water partition coefficient (Wildman–Crippen LogP) is 3.07. The highest BCUT2D eigenvalue weighted by atomic mass is 15.2. The molecular formula is C16H26N2. The van der Waals surface area contributed by atoms with Gasteiger partial charge in [-0.25, -0.2) is 0 Å². The van der Waals surface area contributed by atoms with Crippen molar-refractivity contribution in [3.05, 3.63) is 29.8 Å². The lowest BCUT2D eigenvalue weighted by Crippen LogP contribution is -2.43. The van der Waals surface area contributed by atoms with Gasteiger partial charge in [-0.05, 0) is 43.9 Å². The standard InChI is InChI=1S/C16H26N2/c1-5-16(3,11-17-4)12-18-13(2)10-14-8-6-7-9-15(14)18/h6-9,13,17H,5,10-12H2,1-4H3. The van der Waals surface area contributed by atoms with E-state index in [4.69, 9.17) is 0 Å². The molecule has 0 amide bonds. The Hall–Kier alpha value is -1.02. The molecular weight excluding hydrogens is 220 g/mol. The monoisotopic (exact) mass is 246 g/mol. The van der Waals surface area contributed by atoms with Crippen molar-refractivity contribution in [3.63, 3.8) is 0 Å². The Kier molecular flexibility index (Phi) is 3.96. The molecule has 1 N–H and O–H groups in total. The van der Waals surface area contributed by atoms with Crippen LogP contribution in [0.4, 0.5) is 5.69 Å². The summed E-state index contributed by atoms with van der Waals surface area (Å²) in [5, 5.41) is 3.35. The number of benzene rings is 1. The van der Waals surface area contributed by atoms with Crippen LogP contribution in [0.1, 0.15) is 32.8 Å². The Morgan fingerprint density at radius 3 is 2.78 bits per heavy atom. The van der Waals surface area contributed by atoms with Gasteiger partial charge in [-0.2, -0.15) is 0 Å². The first-order chi connectivity index (χ1) is 8.59. The molecule has 1 heterocycles. The Bertz CT molecular complexity index is 402. The van der Waals surface area contributed by atoms with E-state index < -0.39 is 0 Å². The van der Waals surface area contributed by atoms with Crippen LogP contribution in [-0.2, 0) is 6.42 Å². The molecule has 0 aliphatic carbocycles. The quantitative estimate of drug-likeness (QED) is 0.859. The van der Waals surface area contributed by atoms with Crippen LogP contribution >= 0.6 is 0 Å². The van der Waals surface area contributed by atoms with Crippen LogP contribution in [0.3, 0.4) is 0 Å². The van der Waals surface area contributed by atoms with E-state index in [1.165, 1.54) is 24.1 Å². The van der Waals surface area contributed by atoms with E-state index in [0.29, 0.717) is 11.5 Å². The van der Waals surface area contributed by atoms with Gasteiger partial charge in [0.25, 0.3) is 0 Å². The zero-order chi connectivity index (χ0) is 13.2. The van der Waals surface area contributed by atoms with Gasteiger partial charge in [-0.3, -0.25) is 0 Å². The molecule has 1 aromatic carbocycles. The number of fused-ring (bicyclic) bond motifs is 1. The SMILES string of the molecule is CCC(C)(CNC)CN1c2ccccc2CC1C. The minimum atomic E-state index is 0.348. The van der Waals surface area contributed by atoms with Crippen molar-refractivity contribution < 1.29 is 0 Å². The maximum Gasteiger partial charge on any atom is 0.0402 e. The van der Waals surface area contributed by atoms with Crippen LogP contribution in [0.2, 0.25) is 0 Å². The summed E-state index contributed by atoms with van der Waals surface area (Å²) in [6.45, 7) is 9.24. The summed E-state index contributed by atoms with van der Waals surface area (Å²) in [6.07, 6.45) is 2.40. The van der Waals surface area contributed by atoms with E-state index in [-0.39, 0.29) is 0 Å². The molecule has 0 bridgehead atoms. The average molecular weight is 246 g/mol. The minimum Gasteiger partial charge on any atom is -0.368 e. The van der Waals surface area contributed by atoms with Gasteiger partial charge in [0.05, 0.1) is 0 Å². The van der Waals surface area contributed by atoms with E-state index in [0.717, 1.165) is 13.1 Å². The van der Waals surface area contributed by atoms with Gasteiger partial charge >= 0.3 is 0 Å². The number of nitrogens with one attached hydrogen (secondary N) is 1. The summed E-state index contributed by atoms with van der Waals surface area (Å²) in [5.74, 6) is 0. The largest absolute Gasteiger partial charge is 0.368 e. The van der Waals surface area contributed by atoms with Gasteiger partial charge in [0.15, 0.2) is 0 Å². The molecule has 100 valence electrons. The van der Waals surface area contributed by atoms with Crippen molar-refractivity contribution in [2.24, 2.45) is 5.41 Å². The van der Waals surface area contributed by atoms with E-state index >= 15 is 0 Å². The van der Waals surface area contributed by atoms with Gasteiger partial charge in [-0.15, -0.1) is 0 Å². The van der Waals surface area contributed by atoms with Crippen LogP contribution in [-0.4, -0.2) is 26.2 Å². The lowest BCUT2D eigenvalue weighted by molar-refractivity contribution is 0.298. The zero-order valence-corrected chi connectivity index (χ0v) is 12.2. The van der Waals surface area contributed by atoms with Crippen LogP contribution in [0.25, 0.3) is 0 Å². The molecule has 18 heavy (non-hydrogen) atoms. The highest BCUT2D eigenvalue weighted by Gasteiger charge is 2.31. The summed E-state index contributed by atoms with van der Waals surface area (Å²) in [4.78, 5) is 2.59. The molecule has 0 saturated carbocycles. The Morgan fingerprint density at radius 2 is 2.11 bits per heavy atom. The molecule has 2 unspecified atom stereocenters. The second-order valence-electron chi connectivity index (χ2n) is 6.00. The normalized spacial score (nSPS) is 21.8. The third-order valence-electron chi connectivity index (χ3n) is 4.36. The van der Waals surface area contributed by atoms with Crippen LogP contribution in [0.15, 0.2) is 24.3 Å². The van der Waals surface area contributed by atoms with Crippen LogP contribution in [0, 0.1) is 5.41 Å². The maximum absolute atomic E-state index is 3.35. The smallest absolute Gasteiger partial charge is 0.0402 e. The highest BCUT2D eigenvalue weighted by Crippen LogP contribution is 2.35. The third kappa shape index (κ3) is 2.54. The third-order valence-corrected chi connectivity index (χ3v) is 4.36. The molecule has 1 aliphatic rings. The van der Waals surface area contributed by atoms with Gasteiger partial charge in [-0.1, -0.05) is 32.0 Å². The number of anilines is 1.